The van der Waals surface area contributed by atoms with Gasteiger partial charge in [-0.3, -0.25) is 4.79 Å². The monoisotopic (exact) mass is 335 g/mol. The maximum atomic E-state index is 12.6. The van der Waals surface area contributed by atoms with E-state index >= 15 is 0 Å². The lowest BCUT2D eigenvalue weighted by atomic mass is 10.1. The first kappa shape index (κ1) is 15.6. The Kier molecular flexibility index (Phi) is 3.87. The Morgan fingerprint density at radius 2 is 2.00 bits per heavy atom. The number of nitrogens with zero attached hydrogens (tertiary/aromatic N) is 4. The van der Waals surface area contributed by atoms with Crippen molar-refractivity contribution < 1.29 is 4.79 Å². The van der Waals surface area contributed by atoms with E-state index in [-0.39, 0.29) is 18.0 Å². The van der Waals surface area contributed by atoms with Crippen molar-refractivity contribution in [3.8, 4) is 0 Å². The summed E-state index contributed by atoms with van der Waals surface area (Å²) in [5.41, 5.74) is 1.89. The summed E-state index contributed by atoms with van der Waals surface area (Å²) in [7, 11) is 0. The minimum Gasteiger partial charge on any atom is -0.354 e. The Bertz CT molecular complexity index is 852. The van der Waals surface area contributed by atoms with Crippen LogP contribution in [0.1, 0.15) is 30.2 Å². The Labute approximate surface area is 146 Å². The second-order valence-electron chi connectivity index (χ2n) is 6.34. The molecule has 0 saturated carbocycles. The number of aryl methyl sites for hydroxylation is 1. The van der Waals surface area contributed by atoms with Gasteiger partial charge in [-0.1, -0.05) is 36.4 Å². The standard InChI is InChI=1S/C19H21N5O/c1-3-20-19(25)17-11-16-15(9-10-18-22-21-13(2)24(16)18)23(17)12-14-7-5-4-6-8-14/h4-11,15-16H,3,12H2,1-2H3,(H,20,25). The van der Waals surface area contributed by atoms with E-state index < -0.39 is 0 Å². The first-order valence-corrected chi connectivity index (χ1v) is 8.59. The maximum absolute atomic E-state index is 12.6. The molecule has 1 N–H and O–H groups in total. The third-order valence-corrected chi connectivity index (χ3v) is 4.75. The third kappa shape index (κ3) is 2.63. The zero-order chi connectivity index (χ0) is 17.4. The third-order valence-electron chi connectivity index (χ3n) is 4.75. The molecule has 128 valence electrons. The van der Waals surface area contributed by atoms with Gasteiger partial charge < -0.3 is 14.8 Å². The molecule has 0 spiro atoms. The maximum Gasteiger partial charge on any atom is 0.267 e. The lowest BCUT2D eigenvalue weighted by molar-refractivity contribution is -0.119. The summed E-state index contributed by atoms with van der Waals surface area (Å²) < 4.78 is 2.11. The number of carbonyl (C=O) groups is 1. The Morgan fingerprint density at radius 3 is 2.76 bits per heavy atom. The highest BCUT2D eigenvalue weighted by Crippen LogP contribution is 2.37. The molecular formula is C19H21N5O. The molecule has 2 aliphatic rings. The molecule has 1 aromatic heterocycles. The molecule has 0 aliphatic carbocycles. The van der Waals surface area contributed by atoms with Crippen LogP contribution in [0.2, 0.25) is 0 Å². The molecule has 2 unspecified atom stereocenters. The number of hydrogen-bond acceptors (Lipinski definition) is 4. The van der Waals surface area contributed by atoms with Crippen molar-refractivity contribution >= 4 is 12.0 Å². The molecule has 25 heavy (non-hydrogen) atoms. The molecule has 6 nitrogen and oxygen atoms in total. The van der Waals surface area contributed by atoms with Crippen molar-refractivity contribution in [1.29, 1.82) is 0 Å². The van der Waals surface area contributed by atoms with Crippen molar-refractivity contribution in [1.82, 2.24) is 25.0 Å². The van der Waals surface area contributed by atoms with E-state index in [1.165, 1.54) is 5.56 Å². The number of likely N-dealkylation sites (N-methyl/N-ethyl adjacent to an activating group) is 1. The summed E-state index contributed by atoms with van der Waals surface area (Å²) in [6.45, 7) is 5.18. The van der Waals surface area contributed by atoms with Crippen LogP contribution in [-0.4, -0.2) is 38.2 Å². The molecule has 0 radical (unpaired) electrons. The van der Waals surface area contributed by atoms with Gasteiger partial charge >= 0.3 is 0 Å². The van der Waals surface area contributed by atoms with Gasteiger partial charge in [0, 0.05) is 13.1 Å². The van der Waals surface area contributed by atoms with Gasteiger partial charge in [-0.2, -0.15) is 0 Å². The number of nitrogens with one attached hydrogen (secondary N) is 1. The van der Waals surface area contributed by atoms with E-state index in [2.05, 4.69) is 43.2 Å². The van der Waals surface area contributed by atoms with Gasteiger partial charge in [0.1, 0.15) is 11.5 Å². The zero-order valence-electron chi connectivity index (χ0n) is 14.4. The number of benzene rings is 1. The predicted octanol–water partition coefficient (Wildman–Crippen LogP) is 2.06. The highest BCUT2D eigenvalue weighted by Gasteiger charge is 2.39. The fraction of sp³-hybridized carbons (Fsp3) is 0.316. The van der Waals surface area contributed by atoms with Crippen LogP contribution >= 0.6 is 0 Å². The van der Waals surface area contributed by atoms with Crippen LogP contribution in [0.3, 0.4) is 0 Å². The van der Waals surface area contributed by atoms with E-state index in [9.17, 15) is 4.79 Å². The van der Waals surface area contributed by atoms with Crippen LogP contribution in [0.15, 0.2) is 48.2 Å². The van der Waals surface area contributed by atoms with Gasteiger partial charge in [-0.15, -0.1) is 10.2 Å². The summed E-state index contributed by atoms with van der Waals surface area (Å²) in [4.78, 5) is 14.8. The average molecular weight is 335 g/mol. The number of amides is 1. The zero-order valence-corrected chi connectivity index (χ0v) is 14.4. The molecule has 0 fully saturated rings. The Balaban J connectivity index is 1.73. The first-order chi connectivity index (χ1) is 12.2. The second kappa shape index (κ2) is 6.20. The van der Waals surface area contributed by atoms with Crippen molar-refractivity contribution in [3.63, 3.8) is 0 Å². The minimum absolute atomic E-state index is 0.0338. The normalized spacial score (nSPS) is 20.9. The molecular weight excluding hydrogens is 314 g/mol. The number of aromatic nitrogens is 3. The molecule has 6 heteroatoms. The second-order valence-corrected chi connectivity index (χ2v) is 6.34. The van der Waals surface area contributed by atoms with Crippen molar-refractivity contribution in [2.45, 2.75) is 32.5 Å². The van der Waals surface area contributed by atoms with Gasteiger partial charge in [0.25, 0.3) is 5.91 Å². The van der Waals surface area contributed by atoms with Crippen LogP contribution in [0.4, 0.5) is 0 Å². The van der Waals surface area contributed by atoms with Gasteiger partial charge in [-0.25, -0.2) is 0 Å². The minimum atomic E-state index is -0.0338. The average Bonchev–Trinajstić information content (AvgIpc) is 3.17. The molecule has 3 heterocycles. The van der Waals surface area contributed by atoms with Gasteiger partial charge in [-0.05, 0) is 31.6 Å². The van der Waals surface area contributed by atoms with Crippen molar-refractivity contribution in [2.24, 2.45) is 0 Å². The lowest BCUT2D eigenvalue weighted by Gasteiger charge is -2.32. The summed E-state index contributed by atoms with van der Waals surface area (Å²) in [6, 6.07) is 10.4. The summed E-state index contributed by atoms with van der Waals surface area (Å²) >= 11 is 0. The van der Waals surface area contributed by atoms with Crippen molar-refractivity contribution in [2.75, 3.05) is 6.54 Å². The van der Waals surface area contributed by atoms with Crippen molar-refractivity contribution in [3.05, 3.63) is 65.4 Å². The fourth-order valence-electron chi connectivity index (χ4n) is 3.63. The van der Waals surface area contributed by atoms with Gasteiger partial charge in [0.2, 0.25) is 0 Å². The van der Waals surface area contributed by atoms with Crippen LogP contribution in [0, 0.1) is 6.92 Å². The first-order valence-electron chi connectivity index (χ1n) is 8.59. The Morgan fingerprint density at radius 1 is 1.20 bits per heavy atom. The van der Waals surface area contributed by atoms with Crippen LogP contribution < -0.4 is 5.32 Å². The molecule has 0 saturated heterocycles. The predicted molar refractivity (Wildman–Crippen MR) is 95.4 cm³/mol. The lowest BCUT2D eigenvalue weighted by Crippen LogP contribution is -2.39. The molecule has 2 aromatic rings. The van der Waals surface area contributed by atoms with E-state index in [0.29, 0.717) is 18.8 Å². The number of hydrogen-bond donors (Lipinski definition) is 1. The molecule has 4 rings (SSSR count). The number of carbonyl (C=O) groups excluding carboxylic acids is 1. The molecule has 2 aliphatic heterocycles. The van der Waals surface area contributed by atoms with Gasteiger partial charge in [0.15, 0.2) is 5.82 Å². The molecule has 0 bridgehead atoms. The van der Waals surface area contributed by atoms with Crippen LogP contribution in [0.5, 0.6) is 0 Å². The molecule has 1 amide bonds. The largest absolute Gasteiger partial charge is 0.354 e. The van der Waals surface area contributed by atoms with E-state index in [1.54, 1.807) is 0 Å². The highest BCUT2D eigenvalue weighted by molar-refractivity contribution is 5.93. The topological polar surface area (TPSA) is 63.1 Å². The van der Waals surface area contributed by atoms with E-state index in [0.717, 1.165) is 11.6 Å². The number of rotatable bonds is 4. The molecule has 2 atom stereocenters. The van der Waals surface area contributed by atoms with Crippen LogP contribution in [0.25, 0.3) is 6.08 Å². The number of fused-ring (bicyclic) bond motifs is 3. The van der Waals surface area contributed by atoms with Gasteiger partial charge in [0.05, 0.1) is 12.1 Å². The fourth-order valence-corrected chi connectivity index (χ4v) is 3.63. The quantitative estimate of drug-likeness (QED) is 0.929. The molecule has 1 aromatic carbocycles. The summed E-state index contributed by atoms with van der Waals surface area (Å²) in [5.74, 6) is 1.67. The Hall–Kier alpha value is -2.89. The summed E-state index contributed by atoms with van der Waals surface area (Å²) in [6.07, 6.45) is 6.16. The van der Waals surface area contributed by atoms with E-state index in [4.69, 9.17) is 0 Å². The van der Waals surface area contributed by atoms with E-state index in [1.807, 2.05) is 44.2 Å². The SMILES string of the molecule is CCNC(=O)C1=CC2C(C=Cc3nnc(C)n32)N1Cc1ccccc1. The smallest absolute Gasteiger partial charge is 0.267 e. The highest BCUT2D eigenvalue weighted by atomic mass is 16.2. The summed E-state index contributed by atoms with van der Waals surface area (Å²) in [5, 5.41) is 11.3. The van der Waals surface area contributed by atoms with Crippen LogP contribution in [-0.2, 0) is 11.3 Å².